The minimum Gasteiger partial charge on any atom is -0.444 e. The van der Waals surface area contributed by atoms with Crippen molar-refractivity contribution < 1.29 is 13.9 Å². The van der Waals surface area contributed by atoms with E-state index >= 15 is 0 Å². The van der Waals surface area contributed by atoms with Gasteiger partial charge in [0.2, 0.25) is 0 Å². The zero-order valence-electron chi connectivity index (χ0n) is 13.8. The van der Waals surface area contributed by atoms with Crippen LogP contribution in [0.25, 0.3) is 0 Å². The Morgan fingerprint density at radius 3 is 2.65 bits per heavy atom. The monoisotopic (exact) mass is 319 g/mol. The summed E-state index contributed by atoms with van der Waals surface area (Å²) >= 11 is 0. The number of halogens is 1. The number of benzene rings is 1. The zero-order chi connectivity index (χ0) is 17.0. The van der Waals surface area contributed by atoms with Gasteiger partial charge in [-0.1, -0.05) is 0 Å². The molecule has 23 heavy (non-hydrogen) atoms. The van der Waals surface area contributed by atoms with Gasteiger partial charge in [0.1, 0.15) is 11.4 Å². The molecule has 2 rings (SSSR count). The van der Waals surface area contributed by atoms with Crippen molar-refractivity contribution in [2.75, 3.05) is 10.6 Å². The zero-order valence-corrected chi connectivity index (χ0v) is 13.8. The Labute approximate surface area is 135 Å². The highest BCUT2D eigenvalue weighted by molar-refractivity contribution is 5.85. The average molecular weight is 319 g/mol. The van der Waals surface area contributed by atoms with Gasteiger partial charge in [0.05, 0.1) is 5.69 Å². The molecule has 124 valence electrons. The Bertz CT molecular complexity index is 689. The topological polar surface area (TPSA) is 55.3 Å². The van der Waals surface area contributed by atoms with Crippen LogP contribution in [0.3, 0.4) is 0 Å². The first-order valence-corrected chi connectivity index (χ1v) is 7.37. The van der Waals surface area contributed by atoms with Crippen molar-refractivity contribution in [3.05, 3.63) is 48.0 Å². The van der Waals surface area contributed by atoms with Crippen molar-refractivity contribution >= 4 is 17.5 Å². The van der Waals surface area contributed by atoms with Crippen LogP contribution in [0.2, 0.25) is 0 Å². The van der Waals surface area contributed by atoms with Crippen LogP contribution >= 0.6 is 0 Å². The smallest absolute Gasteiger partial charge is 0.412 e. The molecule has 1 aromatic heterocycles. The summed E-state index contributed by atoms with van der Waals surface area (Å²) in [5.41, 5.74) is 1.24. The Morgan fingerprint density at radius 2 is 2.04 bits per heavy atom. The molecule has 0 aliphatic rings. The van der Waals surface area contributed by atoms with Crippen molar-refractivity contribution in [2.45, 2.75) is 32.9 Å². The van der Waals surface area contributed by atoms with Crippen LogP contribution in [0.5, 0.6) is 0 Å². The van der Waals surface area contributed by atoms with Gasteiger partial charge in [-0.25, -0.2) is 9.18 Å². The molecule has 0 aliphatic heterocycles. The van der Waals surface area contributed by atoms with Crippen molar-refractivity contribution in [1.29, 1.82) is 0 Å². The van der Waals surface area contributed by atoms with Gasteiger partial charge in [0.25, 0.3) is 0 Å². The third-order valence-electron chi connectivity index (χ3n) is 2.99. The molecule has 0 radical (unpaired) electrons. The van der Waals surface area contributed by atoms with Crippen LogP contribution in [0.4, 0.5) is 20.6 Å². The van der Waals surface area contributed by atoms with Crippen molar-refractivity contribution in [2.24, 2.45) is 7.05 Å². The maximum absolute atomic E-state index is 13.9. The van der Waals surface area contributed by atoms with E-state index in [-0.39, 0.29) is 5.82 Å². The number of hydrogen-bond donors (Lipinski definition) is 2. The quantitative estimate of drug-likeness (QED) is 0.891. The van der Waals surface area contributed by atoms with Gasteiger partial charge in [-0.15, -0.1) is 0 Å². The van der Waals surface area contributed by atoms with Gasteiger partial charge < -0.3 is 14.6 Å². The molecule has 5 nitrogen and oxygen atoms in total. The summed E-state index contributed by atoms with van der Waals surface area (Å²) in [5.74, 6) is -0.379. The Hall–Kier alpha value is -2.50. The largest absolute Gasteiger partial charge is 0.444 e. The van der Waals surface area contributed by atoms with Gasteiger partial charge in [0, 0.05) is 31.7 Å². The molecular formula is C17H22FN3O2. The van der Waals surface area contributed by atoms with Crippen molar-refractivity contribution in [1.82, 2.24) is 4.57 Å². The first-order valence-electron chi connectivity index (χ1n) is 7.37. The molecule has 2 aromatic rings. The fourth-order valence-corrected chi connectivity index (χ4v) is 2.02. The normalized spacial score (nSPS) is 11.2. The fourth-order valence-electron chi connectivity index (χ4n) is 2.02. The van der Waals surface area contributed by atoms with Crippen molar-refractivity contribution in [3.63, 3.8) is 0 Å². The van der Waals surface area contributed by atoms with E-state index < -0.39 is 11.7 Å². The van der Waals surface area contributed by atoms with E-state index in [1.165, 1.54) is 12.1 Å². The maximum Gasteiger partial charge on any atom is 0.412 e. The number of amides is 1. The third-order valence-corrected chi connectivity index (χ3v) is 2.99. The SMILES string of the molecule is Cn1ccc(CNc2cc(NC(=O)OC(C)(C)C)ccc2F)c1. The molecule has 2 N–H and O–H groups in total. The molecule has 1 amide bonds. The lowest BCUT2D eigenvalue weighted by Crippen LogP contribution is -2.27. The number of nitrogens with zero attached hydrogens (tertiary/aromatic N) is 1. The molecule has 6 heteroatoms. The molecule has 0 atom stereocenters. The highest BCUT2D eigenvalue weighted by Gasteiger charge is 2.16. The van der Waals surface area contributed by atoms with Gasteiger partial charge >= 0.3 is 6.09 Å². The standard InChI is InChI=1S/C17H22FN3O2/c1-17(2,3)23-16(22)20-13-5-6-14(18)15(9-13)19-10-12-7-8-21(4)11-12/h5-9,11,19H,10H2,1-4H3,(H,20,22). The lowest BCUT2D eigenvalue weighted by atomic mass is 10.2. The van der Waals surface area contributed by atoms with E-state index in [2.05, 4.69) is 10.6 Å². The van der Waals surface area contributed by atoms with Gasteiger partial charge in [0.15, 0.2) is 0 Å². The first-order chi connectivity index (χ1) is 10.7. The van der Waals surface area contributed by atoms with Crippen LogP contribution in [0.15, 0.2) is 36.7 Å². The van der Waals surface area contributed by atoms with E-state index in [9.17, 15) is 9.18 Å². The summed E-state index contributed by atoms with van der Waals surface area (Å²) in [6.45, 7) is 5.84. The average Bonchev–Trinajstić information content (AvgIpc) is 2.83. The first kappa shape index (κ1) is 16.9. The van der Waals surface area contributed by atoms with Crippen LogP contribution in [-0.4, -0.2) is 16.3 Å². The molecule has 0 saturated carbocycles. The Morgan fingerprint density at radius 1 is 1.30 bits per heavy atom. The number of carbonyl (C=O) groups is 1. The number of carbonyl (C=O) groups excluding carboxylic acids is 1. The summed E-state index contributed by atoms with van der Waals surface area (Å²) in [6.07, 6.45) is 3.31. The molecule has 0 bridgehead atoms. The molecule has 0 fully saturated rings. The van der Waals surface area contributed by atoms with E-state index in [0.29, 0.717) is 17.9 Å². The highest BCUT2D eigenvalue weighted by Crippen LogP contribution is 2.21. The van der Waals surface area contributed by atoms with Crippen LogP contribution in [0, 0.1) is 5.82 Å². The lowest BCUT2D eigenvalue weighted by molar-refractivity contribution is 0.0636. The summed E-state index contributed by atoms with van der Waals surface area (Å²) in [5, 5.41) is 5.62. The number of nitrogens with one attached hydrogen (secondary N) is 2. The van der Waals surface area contributed by atoms with Gasteiger partial charge in [-0.3, -0.25) is 5.32 Å². The molecule has 0 saturated heterocycles. The van der Waals surface area contributed by atoms with Crippen LogP contribution in [-0.2, 0) is 18.3 Å². The summed E-state index contributed by atoms with van der Waals surface area (Å²) in [6, 6.07) is 6.29. The number of hydrogen-bond acceptors (Lipinski definition) is 3. The van der Waals surface area contributed by atoms with Crippen molar-refractivity contribution in [3.8, 4) is 0 Å². The molecule has 1 aromatic carbocycles. The number of aromatic nitrogens is 1. The van der Waals surface area contributed by atoms with E-state index in [1.807, 2.05) is 30.1 Å². The summed E-state index contributed by atoms with van der Waals surface area (Å²) in [7, 11) is 1.93. The molecule has 1 heterocycles. The molecule has 0 spiro atoms. The third kappa shape index (κ3) is 5.32. The number of rotatable bonds is 4. The number of ether oxygens (including phenoxy) is 1. The molecule has 0 unspecified atom stereocenters. The molecule has 0 aliphatic carbocycles. The Balaban J connectivity index is 2.02. The lowest BCUT2D eigenvalue weighted by Gasteiger charge is -2.20. The molecular weight excluding hydrogens is 297 g/mol. The van der Waals surface area contributed by atoms with Gasteiger partial charge in [-0.05, 0) is 50.6 Å². The predicted molar refractivity (Wildman–Crippen MR) is 89.0 cm³/mol. The van der Waals surface area contributed by atoms with Crippen LogP contribution < -0.4 is 10.6 Å². The highest BCUT2D eigenvalue weighted by atomic mass is 19.1. The second-order valence-electron chi connectivity index (χ2n) is 6.36. The number of aryl methyl sites for hydroxylation is 1. The minimum atomic E-state index is -0.585. The summed E-state index contributed by atoms with van der Waals surface area (Å²) in [4.78, 5) is 11.8. The van der Waals surface area contributed by atoms with Crippen LogP contribution in [0.1, 0.15) is 26.3 Å². The number of anilines is 2. The predicted octanol–water partition coefficient (Wildman–Crippen LogP) is 4.12. The van der Waals surface area contributed by atoms with E-state index in [1.54, 1.807) is 26.8 Å². The van der Waals surface area contributed by atoms with E-state index in [4.69, 9.17) is 4.74 Å². The Kier molecular flexibility index (Phi) is 4.93. The minimum absolute atomic E-state index is 0.322. The van der Waals surface area contributed by atoms with Gasteiger partial charge in [-0.2, -0.15) is 0 Å². The maximum atomic E-state index is 13.9. The fraction of sp³-hybridized carbons (Fsp3) is 0.353. The van der Waals surface area contributed by atoms with E-state index in [0.717, 1.165) is 5.56 Å². The summed E-state index contributed by atoms with van der Waals surface area (Å²) < 4.78 is 21.0. The second-order valence-corrected chi connectivity index (χ2v) is 6.36. The second kappa shape index (κ2) is 6.73.